The Kier molecular flexibility index (Phi) is 6.42. The van der Waals surface area contributed by atoms with Gasteiger partial charge < -0.3 is 13.9 Å². The van der Waals surface area contributed by atoms with Crippen molar-refractivity contribution >= 4 is 5.97 Å². The SMILES string of the molecule is COC(=O)C1CCN1Cc1cccc(OCc2nc(-c3ccc(C(F)(F)F)cc3)oc2C)c1. The van der Waals surface area contributed by atoms with Crippen LogP contribution >= 0.6 is 0 Å². The van der Waals surface area contributed by atoms with Crippen LogP contribution in [0.4, 0.5) is 13.2 Å². The fraction of sp³-hybridized carbons (Fsp3) is 0.333. The predicted molar refractivity (Wildman–Crippen MR) is 113 cm³/mol. The van der Waals surface area contributed by atoms with E-state index >= 15 is 0 Å². The molecule has 3 aromatic rings. The lowest BCUT2D eigenvalue weighted by atomic mass is 10.0. The van der Waals surface area contributed by atoms with E-state index in [9.17, 15) is 18.0 Å². The van der Waals surface area contributed by atoms with Gasteiger partial charge in [-0.3, -0.25) is 9.69 Å². The molecule has 6 nitrogen and oxygen atoms in total. The molecular weight excluding hydrogens is 437 g/mol. The van der Waals surface area contributed by atoms with Crippen molar-refractivity contribution in [3.05, 3.63) is 71.1 Å². The number of aromatic nitrogens is 1. The fourth-order valence-corrected chi connectivity index (χ4v) is 3.64. The molecule has 174 valence electrons. The van der Waals surface area contributed by atoms with Crippen molar-refractivity contribution in [2.75, 3.05) is 13.7 Å². The van der Waals surface area contributed by atoms with E-state index < -0.39 is 11.7 Å². The summed E-state index contributed by atoms with van der Waals surface area (Å²) in [6.07, 6.45) is -3.61. The van der Waals surface area contributed by atoms with E-state index in [1.54, 1.807) is 6.92 Å². The van der Waals surface area contributed by atoms with Gasteiger partial charge in [-0.05, 0) is 55.3 Å². The van der Waals surface area contributed by atoms with Crippen LogP contribution < -0.4 is 4.74 Å². The molecular formula is C24H23F3N2O4. The molecule has 9 heteroatoms. The van der Waals surface area contributed by atoms with E-state index in [0.29, 0.717) is 29.3 Å². The zero-order chi connectivity index (χ0) is 23.6. The van der Waals surface area contributed by atoms with Crippen molar-refractivity contribution < 1.29 is 31.9 Å². The molecule has 33 heavy (non-hydrogen) atoms. The minimum atomic E-state index is -4.39. The Bertz CT molecular complexity index is 1130. The van der Waals surface area contributed by atoms with Gasteiger partial charge >= 0.3 is 12.1 Å². The number of oxazole rings is 1. The second-order valence-electron chi connectivity index (χ2n) is 7.83. The van der Waals surface area contributed by atoms with Crippen molar-refractivity contribution in [3.8, 4) is 17.2 Å². The van der Waals surface area contributed by atoms with Crippen LogP contribution in [-0.2, 0) is 28.9 Å². The smallest absolute Gasteiger partial charge is 0.416 e. The number of likely N-dealkylation sites (tertiary alicyclic amines) is 1. The van der Waals surface area contributed by atoms with Gasteiger partial charge in [-0.1, -0.05) is 12.1 Å². The normalized spacial score (nSPS) is 16.3. The fourth-order valence-electron chi connectivity index (χ4n) is 3.64. The standard InChI is InChI=1S/C24H23F3N2O4/c1-15-20(28-22(33-15)17-6-8-18(9-7-17)24(25,26)27)14-32-19-5-3-4-16(12-19)13-29-11-10-21(29)23(30)31-2/h3-9,12,21H,10-11,13-14H2,1-2H3. The molecule has 1 aliphatic rings. The molecule has 0 saturated carbocycles. The number of aryl methyl sites for hydroxylation is 1. The highest BCUT2D eigenvalue weighted by Gasteiger charge is 2.34. The van der Waals surface area contributed by atoms with Gasteiger partial charge in [0, 0.05) is 18.7 Å². The number of alkyl halides is 3. The summed E-state index contributed by atoms with van der Waals surface area (Å²) in [5.74, 6) is 1.18. The van der Waals surface area contributed by atoms with Crippen LogP contribution in [0.15, 0.2) is 52.9 Å². The van der Waals surface area contributed by atoms with E-state index in [2.05, 4.69) is 4.98 Å². The minimum absolute atomic E-state index is 0.147. The quantitative estimate of drug-likeness (QED) is 0.463. The van der Waals surface area contributed by atoms with Crippen molar-refractivity contribution in [2.24, 2.45) is 0 Å². The summed E-state index contributed by atoms with van der Waals surface area (Å²) in [5.41, 5.74) is 1.29. The van der Waals surface area contributed by atoms with Crippen LogP contribution in [0.25, 0.3) is 11.5 Å². The average Bonchev–Trinajstić information content (AvgIpc) is 3.15. The molecule has 1 aromatic heterocycles. The highest BCUT2D eigenvalue weighted by Crippen LogP contribution is 2.31. The van der Waals surface area contributed by atoms with Gasteiger partial charge in [-0.25, -0.2) is 4.98 Å². The van der Waals surface area contributed by atoms with Gasteiger partial charge in [0.05, 0.1) is 12.7 Å². The van der Waals surface area contributed by atoms with Crippen molar-refractivity contribution in [1.29, 1.82) is 0 Å². The van der Waals surface area contributed by atoms with E-state index in [1.165, 1.54) is 19.2 Å². The monoisotopic (exact) mass is 460 g/mol. The molecule has 1 unspecified atom stereocenters. The molecule has 4 rings (SSSR count). The second kappa shape index (κ2) is 9.27. The number of methoxy groups -OCH3 is 1. The van der Waals surface area contributed by atoms with Crippen LogP contribution in [0.1, 0.15) is 29.0 Å². The number of halogens is 3. The third kappa shape index (κ3) is 5.19. The Labute approximate surface area is 188 Å². The predicted octanol–water partition coefficient (Wildman–Crippen LogP) is 5.00. The molecule has 0 spiro atoms. The molecule has 1 fully saturated rings. The van der Waals surface area contributed by atoms with Crippen LogP contribution in [0.5, 0.6) is 5.75 Å². The number of carbonyl (C=O) groups excluding carboxylic acids is 1. The Hall–Kier alpha value is -3.33. The first-order chi connectivity index (χ1) is 15.7. The van der Waals surface area contributed by atoms with Crippen molar-refractivity contribution in [1.82, 2.24) is 9.88 Å². The molecule has 1 saturated heterocycles. The summed E-state index contributed by atoms with van der Waals surface area (Å²) in [5, 5.41) is 0. The number of nitrogens with zero attached hydrogens (tertiary/aromatic N) is 2. The van der Waals surface area contributed by atoms with Crippen LogP contribution in [-0.4, -0.2) is 35.5 Å². The van der Waals surface area contributed by atoms with E-state index in [-0.39, 0.29) is 24.5 Å². The minimum Gasteiger partial charge on any atom is -0.487 e. The number of ether oxygens (including phenoxy) is 2. The zero-order valence-electron chi connectivity index (χ0n) is 18.2. The molecule has 0 bridgehead atoms. The number of benzene rings is 2. The third-order valence-corrected chi connectivity index (χ3v) is 5.62. The number of rotatable bonds is 7. The van der Waals surface area contributed by atoms with E-state index in [1.807, 2.05) is 29.2 Å². The number of esters is 1. The average molecular weight is 460 g/mol. The molecule has 0 aliphatic carbocycles. The maximum atomic E-state index is 12.8. The first-order valence-corrected chi connectivity index (χ1v) is 10.4. The molecule has 0 radical (unpaired) electrons. The van der Waals surface area contributed by atoms with Gasteiger partial charge in [0.2, 0.25) is 5.89 Å². The first kappa shape index (κ1) is 22.8. The molecule has 2 aromatic carbocycles. The van der Waals surface area contributed by atoms with E-state index in [0.717, 1.165) is 30.7 Å². The Balaban J connectivity index is 1.39. The van der Waals surface area contributed by atoms with Crippen molar-refractivity contribution in [3.63, 3.8) is 0 Å². The summed E-state index contributed by atoms with van der Waals surface area (Å²) >= 11 is 0. The Morgan fingerprint density at radius 1 is 1.21 bits per heavy atom. The van der Waals surface area contributed by atoms with Gasteiger partial charge in [0.25, 0.3) is 0 Å². The summed E-state index contributed by atoms with van der Waals surface area (Å²) in [6.45, 7) is 3.31. The molecule has 0 N–H and O–H groups in total. The van der Waals surface area contributed by atoms with Gasteiger partial charge in [-0.2, -0.15) is 13.2 Å². The van der Waals surface area contributed by atoms with Crippen LogP contribution in [0.3, 0.4) is 0 Å². The summed E-state index contributed by atoms with van der Waals surface area (Å²) < 4.78 is 54.6. The van der Waals surface area contributed by atoms with Gasteiger partial charge in [0.15, 0.2) is 0 Å². The van der Waals surface area contributed by atoms with Crippen LogP contribution in [0.2, 0.25) is 0 Å². The molecule has 2 heterocycles. The lowest BCUT2D eigenvalue weighted by Crippen LogP contribution is -2.52. The maximum Gasteiger partial charge on any atom is 0.416 e. The second-order valence-corrected chi connectivity index (χ2v) is 7.83. The highest BCUT2D eigenvalue weighted by atomic mass is 19.4. The number of carbonyl (C=O) groups is 1. The lowest BCUT2D eigenvalue weighted by Gasteiger charge is -2.38. The molecule has 1 atom stereocenters. The molecule has 1 aliphatic heterocycles. The summed E-state index contributed by atoms with van der Waals surface area (Å²) in [7, 11) is 1.39. The maximum absolute atomic E-state index is 12.8. The zero-order valence-corrected chi connectivity index (χ0v) is 18.2. The number of hydrogen-bond acceptors (Lipinski definition) is 6. The van der Waals surface area contributed by atoms with Gasteiger partial charge in [-0.15, -0.1) is 0 Å². The van der Waals surface area contributed by atoms with E-state index in [4.69, 9.17) is 13.9 Å². The Morgan fingerprint density at radius 2 is 1.97 bits per heavy atom. The Morgan fingerprint density at radius 3 is 2.61 bits per heavy atom. The van der Waals surface area contributed by atoms with Crippen molar-refractivity contribution in [2.45, 2.75) is 38.7 Å². The first-order valence-electron chi connectivity index (χ1n) is 10.4. The number of hydrogen-bond donors (Lipinski definition) is 0. The third-order valence-electron chi connectivity index (χ3n) is 5.62. The highest BCUT2D eigenvalue weighted by molar-refractivity contribution is 5.76. The van der Waals surface area contributed by atoms with Crippen LogP contribution in [0, 0.1) is 6.92 Å². The summed E-state index contributed by atoms with van der Waals surface area (Å²) in [6, 6.07) is 12.0. The molecule has 0 amide bonds. The lowest BCUT2D eigenvalue weighted by molar-refractivity contribution is -0.152. The topological polar surface area (TPSA) is 64.8 Å². The largest absolute Gasteiger partial charge is 0.487 e. The van der Waals surface area contributed by atoms with Gasteiger partial charge in [0.1, 0.15) is 29.9 Å². The summed E-state index contributed by atoms with van der Waals surface area (Å²) in [4.78, 5) is 18.2.